The van der Waals surface area contributed by atoms with E-state index >= 15 is 0 Å². The lowest BCUT2D eigenvalue weighted by Gasteiger charge is -2.22. The highest BCUT2D eigenvalue weighted by atomic mass is 16.5. The molecule has 0 fully saturated rings. The fourth-order valence-corrected chi connectivity index (χ4v) is 1.78. The van der Waals surface area contributed by atoms with Crippen LogP contribution in [-0.4, -0.2) is 11.7 Å². The second-order valence-corrected chi connectivity index (χ2v) is 5.36. The number of hydrogen-bond donors (Lipinski definition) is 1. The van der Waals surface area contributed by atoms with Gasteiger partial charge in [0.2, 0.25) is 0 Å². The van der Waals surface area contributed by atoms with E-state index in [1.807, 2.05) is 19.9 Å². The van der Waals surface area contributed by atoms with Gasteiger partial charge in [-0.15, -0.1) is 0 Å². The van der Waals surface area contributed by atoms with Crippen LogP contribution in [0.4, 0.5) is 0 Å². The van der Waals surface area contributed by atoms with Gasteiger partial charge in [-0.05, 0) is 36.5 Å². The Hall–Kier alpha value is -1.02. The van der Waals surface area contributed by atoms with Crippen LogP contribution in [-0.2, 0) is 5.41 Å². The third-order valence-electron chi connectivity index (χ3n) is 2.92. The van der Waals surface area contributed by atoms with Gasteiger partial charge in [-0.3, -0.25) is 0 Å². The Morgan fingerprint density at radius 3 is 2.35 bits per heavy atom. The molecule has 0 spiro atoms. The normalized spacial score (nSPS) is 13.5. The quantitative estimate of drug-likeness (QED) is 0.861. The zero-order chi connectivity index (χ0) is 13.1. The Labute approximate surface area is 105 Å². The maximum absolute atomic E-state index is 10.0. The smallest absolute Gasteiger partial charge is 0.125 e. The van der Waals surface area contributed by atoms with E-state index in [1.165, 1.54) is 5.56 Å². The van der Waals surface area contributed by atoms with Gasteiger partial charge in [0.1, 0.15) is 5.75 Å². The summed E-state index contributed by atoms with van der Waals surface area (Å²) in [6.45, 7) is 11.1. The second kappa shape index (κ2) is 5.54. The van der Waals surface area contributed by atoms with Crippen LogP contribution < -0.4 is 4.74 Å². The Bertz CT molecular complexity index is 364. The van der Waals surface area contributed by atoms with Crippen LogP contribution in [0.5, 0.6) is 5.75 Å². The van der Waals surface area contributed by atoms with E-state index in [0.29, 0.717) is 13.0 Å². The molecule has 0 saturated heterocycles. The van der Waals surface area contributed by atoms with Crippen molar-refractivity contribution in [1.29, 1.82) is 0 Å². The number of hydrogen-bond acceptors (Lipinski definition) is 2. The van der Waals surface area contributed by atoms with Gasteiger partial charge in [0.15, 0.2) is 0 Å². The van der Waals surface area contributed by atoms with Gasteiger partial charge in [0, 0.05) is 5.56 Å². The van der Waals surface area contributed by atoms with Crippen molar-refractivity contribution in [2.75, 3.05) is 6.61 Å². The molecule has 1 aromatic rings. The van der Waals surface area contributed by atoms with Gasteiger partial charge in [-0.25, -0.2) is 0 Å². The van der Waals surface area contributed by atoms with Crippen molar-refractivity contribution in [3.05, 3.63) is 29.3 Å². The van der Waals surface area contributed by atoms with Gasteiger partial charge in [-0.1, -0.05) is 33.8 Å². The highest BCUT2D eigenvalue weighted by Gasteiger charge is 2.18. The number of aliphatic hydroxyl groups is 1. The molecule has 0 aliphatic heterocycles. The molecular formula is C15H24O2. The molecule has 1 N–H and O–H groups in total. The van der Waals surface area contributed by atoms with Crippen LogP contribution in [0.15, 0.2) is 18.2 Å². The average molecular weight is 236 g/mol. The Balaban J connectivity index is 3.19. The van der Waals surface area contributed by atoms with Crippen molar-refractivity contribution in [3.63, 3.8) is 0 Å². The van der Waals surface area contributed by atoms with Crippen molar-refractivity contribution >= 4 is 0 Å². The van der Waals surface area contributed by atoms with Crippen molar-refractivity contribution in [2.45, 2.75) is 52.6 Å². The molecule has 0 aromatic heterocycles. The van der Waals surface area contributed by atoms with Crippen LogP contribution in [0.2, 0.25) is 0 Å². The summed E-state index contributed by atoms with van der Waals surface area (Å²) in [5, 5.41) is 10.0. The molecule has 0 saturated carbocycles. The number of rotatable bonds is 4. The van der Waals surface area contributed by atoms with Gasteiger partial charge >= 0.3 is 0 Å². The van der Waals surface area contributed by atoms with Crippen LogP contribution >= 0.6 is 0 Å². The largest absolute Gasteiger partial charge is 0.493 e. The molecule has 1 rings (SSSR count). The molecule has 0 aliphatic rings. The first kappa shape index (κ1) is 14.0. The Kier molecular flexibility index (Phi) is 4.58. The minimum absolute atomic E-state index is 0.0902. The summed E-state index contributed by atoms with van der Waals surface area (Å²) in [5.41, 5.74) is 2.22. The number of benzene rings is 1. The lowest BCUT2D eigenvalue weighted by atomic mass is 9.85. The van der Waals surface area contributed by atoms with Gasteiger partial charge in [-0.2, -0.15) is 0 Å². The zero-order valence-corrected chi connectivity index (χ0v) is 11.6. The van der Waals surface area contributed by atoms with Crippen LogP contribution in [0, 0.1) is 0 Å². The molecule has 2 heteroatoms. The molecule has 0 amide bonds. The molecule has 0 heterocycles. The highest BCUT2D eigenvalue weighted by Crippen LogP contribution is 2.32. The van der Waals surface area contributed by atoms with Gasteiger partial charge in [0.05, 0.1) is 12.7 Å². The first-order valence-electron chi connectivity index (χ1n) is 6.35. The third kappa shape index (κ3) is 3.47. The molecule has 96 valence electrons. The summed E-state index contributed by atoms with van der Waals surface area (Å²) in [6.07, 6.45) is 0.257. The minimum Gasteiger partial charge on any atom is -0.493 e. The Morgan fingerprint density at radius 2 is 1.88 bits per heavy atom. The predicted molar refractivity (Wildman–Crippen MR) is 71.6 cm³/mol. The summed E-state index contributed by atoms with van der Waals surface area (Å²) in [6, 6.07) is 6.12. The van der Waals surface area contributed by atoms with Crippen molar-refractivity contribution in [2.24, 2.45) is 0 Å². The maximum Gasteiger partial charge on any atom is 0.125 e. The highest BCUT2D eigenvalue weighted by molar-refractivity contribution is 5.41. The first-order chi connectivity index (χ1) is 7.90. The third-order valence-corrected chi connectivity index (χ3v) is 2.92. The average Bonchev–Trinajstić information content (AvgIpc) is 2.27. The summed E-state index contributed by atoms with van der Waals surface area (Å²) >= 11 is 0. The van der Waals surface area contributed by atoms with Crippen molar-refractivity contribution < 1.29 is 9.84 Å². The lowest BCUT2D eigenvalue weighted by molar-refractivity contribution is 0.167. The summed E-state index contributed by atoms with van der Waals surface area (Å²) < 4.78 is 5.57. The Morgan fingerprint density at radius 1 is 1.24 bits per heavy atom. The van der Waals surface area contributed by atoms with E-state index in [1.54, 1.807) is 0 Å². The monoisotopic (exact) mass is 236 g/mol. The van der Waals surface area contributed by atoms with Gasteiger partial charge < -0.3 is 9.84 Å². The maximum atomic E-state index is 10.0. The van der Waals surface area contributed by atoms with E-state index in [4.69, 9.17) is 4.74 Å². The van der Waals surface area contributed by atoms with Crippen LogP contribution in [0.25, 0.3) is 0 Å². The zero-order valence-electron chi connectivity index (χ0n) is 11.6. The van der Waals surface area contributed by atoms with E-state index in [9.17, 15) is 5.11 Å². The standard InChI is InChI=1S/C15H24O2/c1-6-13(16)12-10-11(15(3,4)5)8-9-14(12)17-7-2/h8-10,13,16H,6-7H2,1-5H3. The first-order valence-corrected chi connectivity index (χ1v) is 6.35. The lowest BCUT2D eigenvalue weighted by Crippen LogP contribution is -2.12. The fraction of sp³-hybridized carbons (Fsp3) is 0.600. The summed E-state index contributed by atoms with van der Waals surface area (Å²) in [5.74, 6) is 0.801. The number of ether oxygens (including phenoxy) is 1. The second-order valence-electron chi connectivity index (χ2n) is 5.36. The molecule has 0 aliphatic carbocycles. The molecule has 1 aromatic carbocycles. The number of aliphatic hydroxyl groups excluding tert-OH is 1. The van der Waals surface area contributed by atoms with Gasteiger partial charge in [0.25, 0.3) is 0 Å². The van der Waals surface area contributed by atoms with E-state index in [0.717, 1.165) is 11.3 Å². The van der Waals surface area contributed by atoms with Crippen molar-refractivity contribution in [1.82, 2.24) is 0 Å². The fourth-order valence-electron chi connectivity index (χ4n) is 1.78. The minimum atomic E-state index is -0.446. The molecule has 0 radical (unpaired) electrons. The van der Waals surface area contributed by atoms with E-state index in [2.05, 4.69) is 32.9 Å². The summed E-state index contributed by atoms with van der Waals surface area (Å²) in [7, 11) is 0. The predicted octanol–water partition coefficient (Wildman–Crippen LogP) is 3.83. The molecular weight excluding hydrogens is 212 g/mol. The molecule has 17 heavy (non-hydrogen) atoms. The molecule has 1 unspecified atom stereocenters. The SMILES string of the molecule is CCOc1ccc(C(C)(C)C)cc1C(O)CC. The molecule has 0 bridgehead atoms. The molecule has 1 atom stereocenters. The summed E-state index contributed by atoms with van der Waals surface area (Å²) in [4.78, 5) is 0. The molecule has 2 nitrogen and oxygen atoms in total. The van der Waals surface area contributed by atoms with E-state index < -0.39 is 6.10 Å². The van der Waals surface area contributed by atoms with Crippen LogP contribution in [0.1, 0.15) is 58.3 Å². The topological polar surface area (TPSA) is 29.5 Å². The van der Waals surface area contributed by atoms with Crippen molar-refractivity contribution in [3.8, 4) is 5.75 Å². The van der Waals surface area contributed by atoms with E-state index in [-0.39, 0.29) is 5.41 Å². The van der Waals surface area contributed by atoms with Crippen LogP contribution in [0.3, 0.4) is 0 Å².